The molecule has 1 saturated heterocycles. The van der Waals surface area contributed by atoms with Gasteiger partial charge in [0.15, 0.2) is 6.61 Å². The number of carbonyl (C=O) groups excluding carboxylic acids is 1. The summed E-state index contributed by atoms with van der Waals surface area (Å²) in [6.07, 6.45) is -4.16. The third kappa shape index (κ3) is 5.57. The molecule has 2 aromatic rings. The summed E-state index contributed by atoms with van der Waals surface area (Å²) in [5, 5.41) is 11.3. The van der Waals surface area contributed by atoms with Gasteiger partial charge in [0.25, 0.3) is 0 Å². The average Bonchev–Trinajstić information content (AvgIpc) is 2.78. The van der Waals surface area contributed by atoms with E-state index < -0.39 is 32.6 Å². The number of nitriles is 1. The molecule has 1 aliphatic rings. The van der Waals surface area contributed by atoms with E-state index in [1.54, 1.807) is 24.3 Å². The molecule has 0 radical (unpaired) electrons. The lowest BCUT2D eigenvalue weighted by molar-refractivity contribution is -0.137. The molecule has 0 aliphatic carbocycles. The van der Waals surface area contributed by atoms with Crippen LogP contribution in [0.15, 0.2) is 53.4 Å². The lowest BCUT2D eigenvalue weighted by Crippen LogP contribution is -2.41. The first-order chi connectivity index (χ1) is 15.1. The number of amides is 1. The maximum atomic E-state index is 12.9. The van der Waals surface area contributed by atoms with E-state index >= 15 is 0 Å². The van der Waals surface area contributed by atoms with Crippen molar-refractivity contribution in [2.24, 2.45) is 5.92 Å². The van der Waals surface area contributed by atoms with Crippen molar-refractivity contribution in [2.75, 3.05) is 25.0 Å². The number of ether oxygens (including phenoxy) is 1. The molecule has 32 heavy (non-hydrogen) atoms. The van der Waals surface area contributed by atoms with Crippen LogP contribution < -0.4 is 10.1 Å². The molecule has 170 valence electrons. The second kappa shape index (κ2) is 9.58. The Kier molecular flexibility index (Phi) is 7.06. The third-order valence-electron chi connectivity index (χ3n) is 5.05. The van der Waals surface area contributed by atoms with E-state index in [-0.39, 0.29) is 38.4 Å². The highest BCUT2D eigenvalue weighted by Gasteiger charge is 2.35. The van der Waals surface area contributed by atoms with Crippen molar-refractivity contribution in [1.82, 2.24) is 4.31 Å². The summed E-state index contributed by atoms with van der Waals surface area (Å²) in [6, 6.07) is 11.9. The van der Waals surface area contributed by atoms with Gasteiger partial charge in [-0.1, -0.05) is 6.07 Å². The van der Waals surface area contributed by atoms with Gasteiger partial charge in [-0.3, -0.25) is 4.79 Å². The van der Waals surface area contributed by atoms with Gasteiger partial charge in [0, 0.05) is 24.7 Å². The first-order valence-electron chi connectivity index (χ1n) is 9.69. The van der Waals surface area contributed by atoms with Gasteiger partial charge in [0.2, 0.25) is 15.9 Å². The van der Waals surface area contributed by atoms with Crippen molar-refractivity contribution in [2.45, 2.75) is 23.9 Å². The maximum absolute atomic E-state index is 12.9. The number of rotatable bonds is 6. The second-order valence-electron chi connectivity index (χ2n) is 7.16. The van der Waals surface area contributed by atoms with Gasteiger partial charge in [-0.2, -0.15) is 22.7 Å². The molecule has 1 aliphatic heterocycles. The van der Waals surface area contributed by atoms with Crippen molar-refractivity contribution < 1.29 is 31.1 Å². The quantitative estimate of drug-likeness (QED) is 0.699. The highest BCUT2D eigenvalue weighted by molar-refractivity contribution is 7.89. The highest BCUT2D eigenvalue weighted by Crippen LogP contribution is 2.32. The van der Waals surface area contributed by atoms with Crippen LogP contribution in [0, 0.1) is 17.2 Å². The lowest BCUT2D eigenvalue weighted by atomic mass is 9.97. The number of nitrogens with one attached hydrogen (secondary N) is 1. The molecule has 0 unspecified atom stereocenters. The van der Waals surface area contributed by atoms with Crippen LogP contribution in [-0.2, 0) is 21.0 Å². The van der Waals surface area contributed by atoms with Gasteiger partial charge in [-0.05, 0) is 55.3 Å². The van der Waals surface area contributed by atoms with E-state index in [0.29, 0.717) is 17.5 Å². The third-order valence-corrected chi connectivity index (χ3v) is 6.94. The summed E-state index contributed by atoms with van der Waals surface area (Å²) in [7, 11) is -4.10. The van der Waals surface area contributed by atoms with Crippen LogP contribution in [0.3, 0.4) is 0 Å². The number of benzene rings is 2. The van der Waals surface area contributed by atoms with Crippen molar-refractivity contribution in [1.29, 1.82) is 5.26 Å². The standard InChI is InChI=1S/C21H20F3N3O4S/c22-21(23,24)16-2-1-3-19(14-16)32(29,30)27-11-8-15(9-12-27)20(28)26-17-4-6-18(7-5-17)31-13-10-25/h1-7,14-15H,8-9,11-13H2,(H,26,28). The molecule has 0 atom stereocenters. The number of carbonyl (C=O) groups is 1. The molecular weight excluding hydrogens is 447 g/mol. The van der Waals surface area contributed by atoms with Gasteiger partial charge in [0.05, 0.1) is 10.5 Å². The van der Waals surface area contributed by atoms with Crippen LogP contribution in [0.25, 0.3) is 0 Å². The summed E-state index contributed by atoms with van der Waals surface area (Å²) < 4.78 is 70.5. The van der Waals surface area contributed by atoms with E-state index in [4.69, 9.17) is 10.00 Å². The summed E-state index contributed by atoms with van der Waals surface area (Å²) in [4.78, 5) is 12.1. The Hall–Kier alpha value is -3.10. The number of anilines is 1. The van der Waals surface area contributed by atoms with Crippen LogP contribution >= 0.6 is 0 Å². The van der Waals surface area contributed by atoms with Gasteiger partial charge < -0.3 is 10.1 Å². The molecular formula is C21H20F3N3O4S. The first-order valence-corrected chi connectivity index (χ1v) is 11.1. The zero-order valence-electron chi connectivity index (χ0n) is 16.8. The fraction of sp³-hybridized carbons (Fsp3) is 0.333. The Morgan fingerprint density at radius 1 is 1.16 bits per heavy atom. The summed E-state index contributed by atoms with van der Waals surface area (Å²) in [5.41, 5.74) is -0.504. The molecule has 0 bridgehead atoms. The Morgan fingerprint density at radius 2 is 1.81 bits per heavy atom. The Labute approximate surface area is 183 Å². The number of nitrogens with zero attached hydrogens (tertiary/aromatic N) is 2. The molecule has 1 fully saturated rings. The number of alkyl halides is 3. The Morgan fingerprint density at radius 3 is 2.41 bits per heavy atom. The molecule has 1 heterocycles. The molecule has 7 nitrogen and oxygen atoms in total. The molecule has 1 amide bonds. The van der Waals surface area contributed by atoms with Crippen LogP contribution in [-0.4, -0.2) is 38.3 Å². The van der Waals surface area contributed by atoms with Gasteiger partial charge in [-0.15, -0.1) is 0 Å². The zero-order valence-corrected chi connectivity index (χ0v) is 17.6. The number of sulfonamides is 1. The van der Waals surface area contributed by atoms with Crippen LogP contribution in [0.2, 0.25) is 0 Å². The van der Waals surface area contributed by atoms with E-state index in [1.165, 1.54) is 0 Å². The number of piperidine rings is 1. The summed E-state index contributed by atoms with van der Waals surface area (Å²) >= 11 is 0. The summed E-state index contributed by atoms with van der Waals surface area (Å²) in [5.74, 6) is -0.220. The number of hydrogen-bond acceptors (Lipinski definition) is 5. The largest absolute Gasteiger partial charge is 0.479 e. The number of hydrogen-bond donors (Lipinski definition) is 1. The monoisotopic (exact) mass is 467 g/mol. The normalized spacial score (nSPS) is 15.7. The minimum atomic E-state index is -4.64. The summed E-state index contributed by atoms with van der Waals surface area (Å²) in [6.45, 7) is -0.0388. The Bertz CT molecular complexity index is 1100. The maximum Gasteiger partial charge on any atom is 0.416 e. The van der Waals surface area contributed by atoms with Gasteiger partial charge in [-0.25, -0.2) is 8.42 Å². The van der Waals surface area contributed by atoms with Crippen molar-refractivity contribution >= 4 is 21.6 Å². The minimum absolute atomic E-state index is 0.0254. The minimum Gasteiger partial charge on any atom is -0.479 e. The zero-order chi connectivity index (χ0) is 23.4. The predicted octanol–water partition coefficient (Wildman–Crippen LogP) is 3.65. The first kappa shape index (κ1) is 23.6. The van der Waals surface area contributed by atoms with Gasteiger partial charge >= 0.3 is 6.18 Å². The van der Waals surface area contributed by atoms with Crippen LogP contribution in [0.4, 0.5) is 18.9 Å². The van der Waals surface area contributed by atoms with Crippen LogP contribution in [0.1, 0.15) is 18.4 Å². The van der Waals surface area contributed by atoms with E-state index in [0.717, 1.165) is 22.5 Å². The smallest absolute Gasteiger partial charge is 0.416 e. The molecule has 3 rings (SSSR count). The topological polar surface area (TPSA) is 99.5 Å². The van der Waals surface area contributed by atoms with Crippen molar-refractivity contribution in [3.63, 3.8) is 0 Å². The second-order valence-corrected chi connectivity index (χ2v) is 9.10. The van der Waals surface area contributed by atoms with E-state index in [1.807, 2.05) is 6.07 Å². The molecule has 2 aromatic carbocycles. The fourth-order valence-corrected chi connectivity index (χ4v) is 4.85. The fourth-order valence-electron chi connectivity index (χ4n) is 3.33. The Balaban J connectivity index is 1.59. The molecule has 0 spiro atoms. The van der Waals surface area contributed by atoms with Crippen molar-refractivity contribution in [3.05, 3.63) is 54.1 Å². The van der Waals surface area contributed by atoms with Crippen LogP contribution in [0.5, 0.6) is 5.75 Å². The predicted molar refractivity (Wildman–Crippen MR) is 109 cm³/mol. The van der Waals surface area contributed by atoms with E-state index in [9.17, 15) is 26.4 Å². The molecule has 0 saturated carbocycles. The molecule has 1 N–H and O–H groups in total. The number of halogens is 3. The molecule has 0 aromatic heterocycles. The lowest BCUT2D eigenvalue weighted by Gasteiger charge is -2.30. The van der Waals surface area contributed by atoms with Gasteiger partial charge in [0.1, 0.15) is 11.8 Å². The average molecular weight is 467 g/mol. The van der Waals surface area contributed by atoms with E-state index in [2.05, 4.69) is 5.32 Å². The highest BCUT2D eigenvalue weighted by atomic mass is 32.2. The SMILES string of the molecule is N#CCOc1ccc(NC(=O)C2CCN(S(=O)(=O)c3cccc(C(F)(F)F)c3)CC2)cc1. The molecule has 11 heteroatoms. The van der Waals surface area contributed by atoms with Crippen molar-refractivity contribution in [3.8, 4) is 11.8 Å².